The van der Waals surface area contributed by atoms with Crippen molar-refractivity contribution in [2.45, 2.75) is 44.2 Å². The molecule has 0 radical (unpaired) electrons. The van der Waals surface area contributed by atoms with Crippen LogP contribution in [0.3, 0.4) is 0 Å². The number of likely N-dealkylation sites (tertiary alicyclic amines) is 1. The molecule has 184 valence electrons. The van der Waals surface area contributed by atoms with Crippen LogP contribution < -0.4 is 5.32 Å². The number of nitrogens with zero attached hydrogens (tertiary/aromatic N) is 2. The van der Waals surface area contributed by atoms with Crippen LogP contribution in [0.2, 0.25) is 0 Å². The first kappa shape index (κ1) is 23.5. The third-order valence-electron chi connectivity index (χ3n) is 7.11. The summed E-state index contributed by atoms with van der Waals surface area (Å²) >= 11 is 0. The number of carbonyl (C=O) groups excluding carboxylic acids is 2. The van der Waals surface area contributed by atoms with Crippen molar-refractivity contribution in [1.82, 2.24) is 10.2 Å². The average molecular weight is 486 g/mol. The maximum atomic E-state index is 13.5. The van der Waals surface area contributed by atoms with Crippen LogP contribution in [0.1, 0.15) is 53.2 Å². The highest BCUT2D eigenvalue weighted by Gasteiger charge is 2.36. The molecule has 3 aromatic carbocycles. The summed E-state index contributed by atoms with van der Waals surface area (Å²) < 4.78 is 0. The maximum Gasteiger partial charge on any atom is 0.270 e. The van der Waals surface area contributed by atoms with E-state index in [0.717, 1.165) is 31.2 Å². The van der Waals surface area contributed by atoms with Crippen LogP contribution in [-0.4, -0.2) is 39.3 Å². The molecule has 2 atom stereocenters. The number of carbonyl (C=O) groups is 2. The van der Waals surface area contributed by atoms with Crippen molar-refractivity contribution >= 4 is 17.5 Å². The minimum atomic E-state index is -0.568. The summed E-state index contributed by atoms with van der Waals surface area (Å²) in [6.45, 7) is 0.463. The summed E-state index contributed by atoms with van der Waals surface area (Å²) in [5.74, 6) is -0.539. The van der Waals surface area contributed by atoms with Crippen LogP contribution >= 0.6 is 0 Å². The lowest BCUT2D eigenvalue weighted by Gasteiger charge is -2.30. The molecule has 1 fully saturated rings. The van der Waals surface area contributed by atoms with E-state index < -0.39 is 11.0 Å². The normalized spacial score (nSPS) is 18.9. The first-order chi connectivity index (χ1) is 17.4. The molecule has 0 spiro atoms. The second-order valence-electron chi connectivity index (χ2n) is 9.35. The van der Waals surface area contributed by atoms with Gasteiger partial charge in [-0.2, -0.15) is 0 Å². The van der Waals surface area contributed by atoms with Crippen molar-refractivity contribution in [2.75, 3.05) is 6.54 Å². The van der Waals surface area contributed by atoms with Crippen LogP contribution in [0, 0.1) is 10.1 Å². The van der Waals surface area contributed by atoms with Gasteiger partial charge >= 0.3 is 0 Å². The molecule has 1 unspecified atom stereocenters. The lowest BCUT2D eigenvalue weighted by atomic mass is 9.87. The number of aryl methyl sites for hydroxylation is 1. The molecular formula is C28H27N3O5. The summed E-state index contributed by atoms with van der Waals surface area (Å²) in [5.41, 5.74) is 3.37. The van der Waals surface area contributed by atoms with Crippen molar-refractivity contribution in [3.63, 3.8) is 0 Å². The van der Waals surface area contributed by atoms with Gasteiger partial charge in [-0.3, -0.25) is 19.7 Å². The van der Waals surface area contributed by atoms with Crippen molar-refractivity contribution in [1.29, 1.82) is 0 Å². The lowest BCUT2D eigenvalue weighted by molar-refractivity contribution is -0.384. The van der Waals surface area contributed by atoms with Gasteiger partial charge in [-0.1, -0.05) is 36.4 Å². The second-order valence-corrected chi connectivity index (χ2v) is 9.35. The van der Waals surface area contributed by atoms with Gasteiger partial charge in [-0.25, -0.2) is 0 Å². The van der Waals surface area contributed by atoms with Gasteiger partial charge in [-0.05, 0) is 67.0 Å². The summed E-state index contributed by atoms with van der Waals surface area (Å²) in [4.78, 5) is 39.0. The van der Waals surface area contributed by atoms with E-state index in [1.54, 1.807) is 11.0 Å². The number of hydrogen-bond donors (Lipinski definition) is 2. The Morgan fingerprint density at radius 1 is 1.00 bits per heavy atom. The van der Waals surface area contributed by atoms with Crippen molar-refractivity contribution in [2.24, 2.45) is 0 Å². The Morgan fingerprint density at radius 2 is 1.83 bits per heavy atom. The minimum Gasteiger partial charge on any atom is -0.507 e. The Bertz CT molecular complexity index is 1340. The second kappa shape index (κ2) is 9.81. The predicted molar refractivity (Wildman–Crippen MR) is 135 cm³/mol. The highest BCUT2D eigenvalue weighted by Crippen LogP contribution is 2.34. The molecule has 1 saturated heterocycles. The van der Waals surface area contributed by atoms with E-state index in [2.05, 4.69) is 17.4 Å². The van der Waals surface area contributed by atoms with E-state index in [0.29, 0.717) is 29.7 Å². The van der Waals surface area contributed by atoms with Crippen molar-refractivity contribution < 1.29 is 19.6 Å². The summed E-state index contributed by atoms with van der Waals surface area (Å²) in [6, 6.07) is 17.9. The number of fused-ring (bicyclic) bond motifs is 1. The molecular weight excluding hydrogens is 458 g/mol. The van der Waals surface area contributed by atoms with Crippen LogP contribution in [-0.2, 0) is 11.2 Å². The molecule has 8 heteroatoms. The van der Waals surface area contributed by atoms with Gasteiger partial charge in [0, 0.05) is 29.8 Å². The first-order valence-electron chi connectivity index (χ1n) is 12.2. The number of nitrogens with one attached hydrogen (secondary N) is 1. The highest BCUT2D eigenvalue weighted by atomic mass is 16.6. The van der Waals surface area contributed by atoms with Gasteiger partial charge in [0.25, 0.3) is 11.6 Å². The predicted octanol–water partition coefficient (Wildman–Crippen LogP) is 4.77. The standard InChI is InChI=1S/C28H27N3O5/c32-26-14-13-20(17-23(26)19-8-3-9-21(16-19)31(35)36)28(34)30-15-5-12-25(30)27(33)29-24-11-4-7-18-6-1-2-10-22(18)24/h1-3,6,8-10,13-14,16-17,24-25,32H,4-5,7,11-12,15H2,(H,29,33)/t24?,25-/m0/s1. The quantitative estimate of drug-likeness (QED) is 0.399. The third kappa shape index (κ3) is 4.54. The molecule has 2 N–H and O–H groups in total. The Kier molecular flexibility index (Phi) is 6.41. The summed E-state index contributed by atoms with van der Waals surface area (Å²) in [7, 11) is 0. The monoisotopic (exact) mass is 485 g/mol. The number of aromatic hydroxyl groups is 1. The van der Waals surface area contributed by atoms with Crippen LogP contribution in [0.15, 0.2) is 66.7 Å². The SMILES string of the molecule is O=C(NC1CCCc2ccccc21)[C@@H]1CCCN1C(=O)c1ccc(O)c(-c2cccc([N+](=O)[O-])c2)c1. The van der Waals surface area contributed by atoms with Crippen LogP contribution in [0.25, 0.3) is 11.1 Å². The molecule has 36 heavy (non-hydrogen) atoms. The number of nitro benzene ring substituents is 1. The Hall–Kier alpha value is -4.20. The van der Waals surface area contributed by atoms with Gasteiger partial charge in [-0.15, -0.1) is 0 Å². The molecule has 1 aliphatic carbocycles. The number of phenolic OH excluding ortho intramolecular Hbond substituents is 1. The van der Waals surface area contributed by atoms with E-state index >= 15 is 0 Å². The zero-order chi connectivity index (χ0) is 25.2. The van der Waals surface area contributed by atoms with Gasteiger partial charge in [0.05, 0.1) is 11.0 Å². The fourth-order valence-corrected chi connectivity index (χ4v) is 5.31. The molecule has 2 aliphatic rings. The van der Waals surface area contributed by atoms with E-state index in [1.165, 1.54) is 42.0 Å². The van der Waals surface area contributed by atoms with Gasteiger partial charge in [0.1, 0.15) is 11.8 Å². The van der Waals surface area contributed by atoms with E-state index in [4.69, 9.17) is 0 Å². The third-order valence-corrected chi connectivity index (χ3v) is 7.11. The van der Waals surface area contributed by atoms with E-state index in [9.17, 15) is 24.8 Å². The number of non-ortho nitro benzene ring substituents is 1. The zero-order valence-corrected chi connectivity index (χ0v) is 19.7. The number of amides is 2. The number of nitro groups is 1. The average Bonchev–Trinajstić information content (AvgIpc) is 3.39. The molecule has 0 bridgehead atoms. The minimum absolute atomic E-state index is 0.0610. The van der Waals surface area contributed by atoms with Gasteiger partial charge in [0.15, 0.2) is 0 Å². The van der Waals surface area contributed by atoms with Crippen molar-refractivity contribution in [3.8, 4) is 16.9 Å². The van der Waals surface area contributed by atoms with E-state index in [-0.39, 0.29) is 29.3 Å². The molecule has 2 amide bonds. The molecule has 1 heterocycles. The largest absolute Gasteiger partial charge is 0.507 e. The molecule has 0 saturated carbocycles. The highest BCUT2D eigenvalue weighted by molar-refractivity contribution is 5.99. The Labute approximate surface area is 208 Å². The fourth-order valence-electron chi connectivity index (χ4n) is 5.31. The Morgan fingerprint density at radius 3 is 2.67 bits per heavy atom. The molecule has 1 aliphatic heterocycles. The van der Waals surface area contributed by atoms with Gasteiger partial charge < -0.3 is 15.3 Å². The van der Waals surface area contributed by atoms with Crippen molar-refractivity contribution in [3.05, 3.63) is 93.5 Å². The smallest absolute Gasteiger partial charge is 0.270 e. The molecule has 0 aromatic heterocycles. The molecule has 8 nitrogen and oxygen atoms in total. The van der Waals surface area contributed by atoms with Crippen LogP contribution in [0.5, 0.6) is 5.75 Å². The fraction of sp³-hybridized carbons (Fsp3) is 0.286. The topological polar surface area (TPSA) is 113 Å². The van der Waals surface area contributed by atoms with Crippen LogP contribution in [0.4, 0.5) is 5.69 Å². The number of rotatable bonds is 5. The summed E-state index contributed by atoms with van der Waals surface area (Å²) in [5, 5.41) is 24.8. The first-order valence-corrected chi connectivity index (χ1v) is 12.2. The number of hydrogen-bond acceptors (Lipinski definition) is 5. The van der Waals surface area contributed by atoms with E-state index in [1.807, 2.05) is 12.1 Å². The number of phenols is 1. The maximum absolute atomic E-state index is 13.5. The zero-order valence-electron chi connectivity index (χ0n) is 19.7. The van der Waals surface area contributed by atoms with Gasteiger partial charge in [0.2, 0.25) is 5.91 Å². The number of benzene rings is 3. The molecule has 3 aromatic rings. The summed E-state index contributed by atoms with van der Waals surface area (Å²) in [6.07, 6.45) is 4.18. The Balaban J connectivity index is 1.36. The molecule has 5 rings (SSSR count). The lowest BCUT2D eigenvalue weighted by Crippen LogP contribution is -2.47.